The van der Waals surface area contributed by atoms with Crippen LogP contribution in [0.15, 0.2) is 4.52 Å². The fraction of sp³-hybridized carbons (Fsp3) is 0.600. The number of hydrogen-bond acceptors (Lipinski definition) is 5. The predicted molar refractivity (Wildman–Crippen MR) is 58.2 cm³/mol. The first-order valence-corrected chi connectivity index (χ1v) is 5.00. The largest absolute Gasteiger partial charge is 0.339 e. The van der Waals surface area contributed by atoms with Gasteiger partial charge in [0.2, 0.25) is 5.89 Å². The number of anilines is 1. The van der Waals surface area contributed by atoms with E-state index in [4.69, 9.17) is 16.7 Å². The topological polar surface area (TPSA) is 68.2 Å². The third-order valence-corrected chi connectivity index (χ3v) is 2.13. The lowest BCUT2D eigenvalue weighted by Gasteiger charge is -2.14. The average Bonchev–Trinajstić information content (AvgIpc) is 2.69. The lowest BCUT2D eigenvalue weighted by molar-refractivity contribution is 0.356. The Morgan fingerprint density at radius 1 is 1.53 bits per heavy atom. The van der Waals surface area contributed by atoms with E-state index in [0.717, 1.165) is 13.1 Å². The first-order chi connectivity index (χ1) is 7.22. The van der Waals surface area contributed by atoms with E-state index in [1.807, 2.05) is 18.7 Å². The summed E-state index contributed by atoms with van der Waals surface area (Å²) < 4.78 is 5.04. The molecule has 5 heteroatoms. The average molecular weight is 208 g/mol. The summed E-state index contributed by atoms with van der Waals surface area (Å²) in [5.74, 6) is 3.44. The molecular weight excluding hydrogens is 192 g/mol. The fourth-order valence-electron chi connectivity index (χ4n) is 1.23. The summed E-state index contributed by atoms with van der Waals surface area (Å²) in [5, 5.41) is 3.85. The maximum Gasteiger partial charge on any atom is 0.266 e. The highest BCUT2D eigenvalue weighted by Gasteiger charge is 2.16. The Bertz CT molecular complexity index is 337. The maximum atomic E-state index is 5.74. The highest BCUT2D eigenvalue weighted by Crippen LogP contribution is 2.15. The van der Waals surface area contributed by atoms with E-state index in [1.54, 1.807) is 0 Å². The minimum atomic E-state index is -0.369. The Balaban J connectivity index is 2.75. The van der Waals surface area contributed by atoms with Crippen molar-refractivity contribution >= 4 is 5.95 Å². The van der Waals surface area contributed by atoms with Gasteiger partial charge < -0.3 is 15.2 Å². The molecule has 0 spiro atoms. The summed E-state index contributed by atoms with van der Waals surface area (Å²) in [4.78, 5) is 6.18. The lowest BCUT2D eigenvalue weighted by Crippen LogP contribution is -2.23. The molecule has 0 aliphatic carbocycles. The Labute approximate surface area is 89.6 Å². The molecule has 0 fully saturated rings. The second-order valence-corrected chi connectivity index (χ2v) is 3.12. The van der Waals surface area contributed by atoms with Gasteiger partial charge in [-0.2, -0.15) is 4.98 Å². The highest BCUT2D eigenvalue weighted by molar-refractivity contribution is 5.27. The maximum absolute atomic E-state index is 5.74. The quantitative estimate of drug-likeness (QED) is 0.729. The van der Waals surface area contributed by atoms with Crippen LogP contribution in [-0.4, -0.2) is 23.2 Å². The smallest absolute Gasteiger partial charge is 0.266 e. The summed E-state index contributed by atoms with van der Waals surface area (Å²) in [7, 11) is 0. The van der Waals surface area contributed by atoms with Crippen LogP contribution in [0.1, 0.15) is 32.2 Å². The second-order valence-electron chi connectivity index (χ2n) is 3.12. The summed E-state index contributed by atoms with van der Waals surface area (Å²) in [6.45, 7) is 5.72. The van der Waals surface area contributed by atoms with Crippen LogP contribution in [0.4, 0.5) is 5.95 Å². The van der Waals surface area contributed by atoms with Crippen molar-refractivity contribution in [1.82, 2.24) is 10.1 Å². The van der Waals surface area contributed by atoms with Crippen molar-refractivity contribution in [2.24, 2.45) is 5.73 Å². The van der Waals surface area contributed by atoms with Gasteiger partial charge in [-0.15, -0.1) is 12.3 Å². The van der Waals surface area contributed by atoms with Gasteiger partial charge in [-0.25, -0.2) is 0 Å². The highest BCUT2D eigenvalue weighted by atomic mass is 16.5. The Morgan fingerprint density at radius 2 is 2.20 bits per heavy atom. The molecule has 1 atom stereocenters. The molecule has 0 radical (unpaired) electrons. The molecule has 0 saturated heterocycles. The number of nitrogens with zero attached hydrogens (tertiary/aromatic N) is 3. The van der Waals surface area contributed by atoms with Gasteiger partial charge in [-0.3, -0.25) is 0 Å². The Hall–Kier alpha value is -1.54. The van der Waals surface area contributed by atoms with E-state index in [9.17, 15) is 0 Å². The summed E-state index contributed by atoms with van der Waals surface area (Å²) in [5.41, 5.74) is 5.74. The molecule has 0 aliphatic heterocycles. The Morgan fingerprint density at radius 3 is 2.73 bits per heavy atom. The van der Waals surface area contributed by atoms with Gasteiger partial charge in [-0.05, 0) is 19.0 Å². The third-order valence-electron chi connectivity index (χ3n) is 2.13. The normalized spacial score (nSPS) is 12.1. The van der Waals surface area contributed by atoms with E-state index in [0.29, 0.717) is 18.3 Å². The van der Waals surface area contributed by atoms with E-state index >= 15 is 0 Å². The van der Waals surface area contributed by atoms with Crippen molar-refractivity contribution in [2.45, 2.75) is 26.3 Å². The van der Waals surface area contributed by atoms with Gasteiger partial charge >= 0.3 is 0 Å². The van der Waals surface area contributed by atoms with Crippen molar-refractivity contribution in [2.75, 3.05) is 18.0 Å². The third kappa shape index (κ3) is 2.70. The molecule has 1 aromatic heterocycles. The second kappa shape index (κ2) is 5.37. The number of aromatic nitrogens is 2. The fourth-order valence-corrected chi connectivity index (χ4v) is 1.23. The summed E-state index contributed by atoms with van der Waals surface area (Å²) in [6, 6.07) is -0.369. The molecule has 5 nitrogen and oxygen atoms in total. The van der Waals surface area contributed by atoms with E-state index in [-0.39, 0.29) is 6.04 Å². The minimum Gasteiger partial charge on any atom is -0.339 e. The first-order valence-electron chi connectivity index (χ1n) is 5.00. The van der Waals surface area contributed by atoms with Crippen molar-refractivity contribution < 1.29 is 4.52 Å². The van der Waals surface area contributed by atoms with Gasteiger partial charge in [0.05, 0.1) is 6.04 Å². The molecule has 0 aliphatic rings. The van der Waals surface area contributed by atoms with Gasteiger partial charge in [0.25, 0.3) is 5.95 Å². The number of rotatable bonds is 5. The number of nitrogens with two attached hydrogens (primary N) is 1. The minimum absolute atomic E-state index is 0.369. The molecule has 1 heterocycles. The summed E-state index contributed by atoms with van der Waals surface area (Å²) in [6.07, 6.45) is 5.56. The number of hydrogen-bond donors (Lipinski definition) is 1. The van der Waals surface area contributed by atoms with Crippen LogP contribution >= 0.6 is 0 Å². The molecule has 1 unspecified atom stereocenters. The van der Waals surface area contributed by atoms with Crippen LogP contribution in [0.2, 0.25) is 0 Å². The SMILES string of the molecule is C#CCC(N)c1nc(N(CC)CC)no1. The van der Waals surface area contributed by atoms with Gasteiger partial charge in [0.15, 0.2) is 0 Å². The molecule has 2 N–H and O–H groups in total. The zero-order valence-corrected chi connectivity index (χ0v) is 9.10. The van der Waals surface area contributed by atoms with Crippen molar-refractivity contribution in [3.8, 4) is 12.3 Å². The zero-order valence-electron chi connectivity index (χ0n) is 9.10. The van der Waals surface area contributed by atoms with Crippen molar-refractivity contribution in [3.05, 3.63) is 5.89 Å². The molecule has 0 saturated carbocycles. The molecule has 1 rings (SSSR count). The molecule has 0 aromatic carbocycles. The summed E-state index contributed by atoms with van der Waals surface area (Å²) >= 11 is 0. The lowest BCUT2D eigenvalue weighted by atomic mass is 10.2. The van der Waals surface area contributed by atoms with E-state index in [1.165, 1.54) is 0 Å². The van der Waals surface area contributed by atoms with Crippen LogP contribution in [-0.2, 0) is 0 Å². The first kappa shape index (κ1) is 11.5. The molecule has 1 aromatic rings. The van der Waals surface area contributed by atoms with Crippen LogP contribution in [0.25, 0.3) is 0 Å². The van der Waals surface area contributed by atoms with Crippen molar-refractivity contribution in [3.63, 3.8) is 0 Å². The Kier molecular flexibility index (Phi) is 4.13. The van der Waals surface area contributed by atoms with E-state index < -0.39 is 0 Å². The monoisotopic (exact) mass is 208 g/mol. The van der Waals surface area contributed by atoms with Crippen LogP contribution < -0.4 is 10.6 Å². The van der Waals surface area contributed by atoms with E-state index in [2.05, 4.69) is 16.1 Å². The van der Waals surface area contributed by atoms with Gasteiger partial charge in [-0.1, -0.05) is 0 Å². The number of terminal acetylenes is 1. The molecular formula is C10H16N4O. The molecule has 15 heavy (non-hydrogen) atoms. The standard InChI is InChI=1S/C10H16N4O/c1-4-7-8(11)9-12-10(13-15-9)14(5-2)6-3/h1,8H,5-7,11H2,2-3H3. The molecule has 0 bridgehead atoms. The van der Waals surface area contributed by atoms with Crippen LogP contribution in [0.5, 0.6) is 0 Å². The van der Waals surface area contributed by atoms with Crippen LogP contribution in [0.3, 0.4) is 0 Å². The van der Waals surface area contributed by atoms with Gasteiger partial charge in [0, 0.05) is 19.5 Å². The van der Waals surface area contributed by atoms with Crippen molar-refractivity contribution in [1.29, 1.82) is 0 Å². The van der Waals surface area contributed by atoms with Crippen LogP contribution in [0, 0.1) is 12.3 Å². The van der Waals surface area contributed by atoms with Gasteiger partial charge in [0.1, 0.15) is 0 Å². The molecule has 82 valence electrons. The zero-order chi connectivity index (χ0) is 11.3. The predicted octanol–water partition coefficient (Wildman–Crippen LogP) is 0.939. The molecule has 0 amide bonds.